The summed E-state index contributed by atoms with van der Waals surface area (Å²) in [6, 6.07) is 0. The molecule has 0 rings (SSSR count). The number of rotatable bonds is 12. The highest BCUT2D eigenvalue weighted by molar-refractivity contribution is 5.85. The molecule has 0 fully saturated rings. The van der Waals surface area contributed by atoms with Gasteiger partial charge in [-0.25, -0.2) is 4.79 Å². The van der Waals surface area contributed by atoms with Gasteiger partial charge in [0, 0.05) is 0 Å². The minimum absolute atomic E-state index is 0.204. The second kappa shape index (κ2) is 14.0. The molecule has 2 nitrogen and oxygen atoms in total. The Morgan fingerprint density at radius 3 is 2.10 bits per heavy atom. The lowest BCUT2D eigenvalue weighted by molar-refractivity contribution is -0.140. The van der Waals surface area contributed by atoms with Crippen LogP contribution in [0.1, 0.15) is 58.3 Å². The molecule has 0 aliphatic rings. The first-order valence-corrected chi connectivity index (χ1v) is 7.50. The second-order valence-electron chi connectivity index (χ2n) is 4.70. The van der Waals surface area contributed by atoms with E-state index in [9.17, 15) is 9.18 Å². The lowest BCUT2D eigenvalue weighted by Crippen LogP contribution is -2.04. The van der Waals surface area contributed by atoms with Gasteiger partial charge in [-0.2, -0.15) is 4.39 Å². The number of carbonyl (C=O) groups is 1. The van der Waals surface area contributed by atoms with Crippen LogP contribution in [0.3, 0.4) is 0 Å². The Bertz CT molecular complexity index is 319. The fourth-order valence-electron chi connectivity index (χ4n) is 1.64. The van der Waals surface area contributed by atoms with E-state index in [1.807, 2.05) is 6.08 Å². The lowest BCUT2D eigenvalue weighted by atomic mass is 10.1. The number of allylic oxidation sites excluding steroid dienone is 3. The third-order valence-corrected chi connectivity index (χ3v) is 2.79. The molecule has 0 saturated carbocycles. The van der Waals surface area contributed by atoms with Crippen LogP contribution in [0.25, 0.3) is 0 Å². The third kappa shape index (κ3) is 13.1. The van der Waals surface area contributed by atoms with E-state index in [4.69, 9.17) is 0 Å². The number of hydrogen-bond donors (Lipinski definition) is 0. The quantitative estimate of drug-likeness (QED) is 0.211. The van der Waals surface area contributed by atoms with Crippen molar-refractivity contribution >= 4 is 5.97 Å². The molecule has 0 N–H and O–H groups in total. The molecule has 0 atom stereocenters. The zero-order chi connectivity index (χ0) is 15.1. The molecule has 0 saturated heterocycles. The van der Waals surface area contributed by atoms with E-state index in [2.05, 4.69) is 36.5 Å². The van der Waals surface area contributed by atoms with Crippen LogP contribution >= 0.6 is 0 Å². The summed E-state index contributed by atoms with van der Waals surface area (Å²) in [7, 11) is 0. The molecule has 0 heterocycles. The minimum atomic E-state index is -1.04. The van der Waals surface area contributed by atoms with Crippen LogP contribution in [0.5, 0.6) is 0 Å². The van der Waals surface area contributed by atoms with Crippen LogP contribution in [0.2, 0.25) is 0 Å². The first-order valence-electron chi connectivity index (χ1n) is 7.50. The molecule has 0 bridgehead atoms. The number of unbranched alkanes of at least 4 members (excludes halogenated alkanes) is 5. The fraction of sp³-hybridized carbons (Fsp3) is 0.588. The van der Waals surface area contributed by atoms with Gasteiger partial charge in [0.2, 0.25) is 5.83 Å². The Hall–Kier alpha value is -1.38. The predicted octanol–water partition coefficient (Wildman–Crippen LogP) is 5.27. The molecule has 114 valence electrons. The molecule has 0 aliphatic heterocycles. The molecule has 0 aromatic rings. The summed E-state index contributed by atoms with van der Waals surface area (Å²) in [6.45, 7) is 5.29. The average molecular weight is 282 g/mol. The number of esters is 1. The smallest absolute Gasteiger partial charge is 0.366 e. The third-order valence-electron chi connectivity index (χ3n) is 2.79. The fourth-order valence-corrected chi connectivity index (χ4v) is 1.64. The van der Waals surface area contributed by atoms with Gasteiger partial charge in [0.05, 0.1) is 6.61 Å². The van der Waals surface area contributed by atoms with Gasteiger partial charge >= 0.3 is 5.97 Å². The number of halogens is 1. The Morgan fingerprint density at radius 1 is 1.00 bits per heavy atom. The van der Waals surface area contributed by atoms with Gasteiger partial charge < -0.3 is 4.74 Å². The van der Waals surface area contributed by atoms with E-state index in [0.29, 0.717) is 6.42 Å². The van der Waals surface area contributed by atoms with Crippen LogP contribution in [-0.2, 0) is 9.53 Å². The van der Waals surface area contributed by atoms with Crippen molar-refractivity contribution in [1.82, 2.24) is 0 Å². The number of hydrogen-bond acceptors (Lipinski definition) is 2. The Balaban J connectivity index is 3.32. The predicted molar refractivity (Wildman–Crippen MR) is 82.1 cm³/mol. The van der Waals surface area contributed by atoms with Crippen molar-refractivity contribution in [2.75, 3.05) is 6.61 Å². The van der Waals surface area contributed by atoms with E-state index in [1.165, 1.54) is 25.7 Å². The summed E-state index contributed by atoms with van der Waals surface area (Å²) in [5.74, 6) is -2.01. The van der Waals surface area contributed by atoms with E-state index in [1.54, 1.807) is 0 Å². The standard InChI is InChI=1S/C17H27FO2/c1-3-4-5-6-7-8-9-10-11-12-13-14-15-20-17(19)16(2)18/h7-8,12-13H,2-6,9-11,14-15H2,1H3/b8-7-,13-12+. The molecular weight excluding hydrogens is 255 g/mol. The maximum Gasteiger partial charge on any atom is 0.366 e. The van der Waals surface area contributed by atoms with Crippen molar-refractivity contribution in [2.45, 2.75) is 58.3 Å². The first-order chi connectivity index (χ1) is 9.68. The van der Waals surface area contributed by atoms with Crippen LogP contribution in [0.15, 0.2) is 36.7 Å². The Labute approximate surface area is 122 Å². The van der Waals surface area contributed by atoms with Crippen molar-refractivity contribution in [2.24, 2.45) is 0 Å². The van der Waals surface area contributed by atoms with Crippen LogP contribution in [-0.4, -0.2) is 12.6 Å². The Morgan fingerprint density at radius 2 is 1.55 bits per heavy atom. The zero-order valence-corrected chi connectivity index (χ0v) is 12.6. The van der Waals surface area contributed by atoms with Crippen molar-refractivity contribution in [3.8, 4) is 0 Å². The highest BCUT2D eigenvalue weighted by atomic mass is 19.1. The summed E-state index contributed by atoms with van der Waals surface area (Å²) >= 11 is 0. The molecule has 0 amide bonds. The maximum absolute atomic E-state index is 12.2. The van der Waals surface area contributed by atoms with Gasteiger partial charge in [0.15, 0.2) is 0 Å². The summed E-state index contributed by atoms with van der Waals surface area (Å²) < 4.78 is 16.9. The zero-order valence-electron chi connectivity index (χ0n) is 12.6. The van der Waals surface area contributed by atoms with E-state index in [-0.39, 0.29) is 6.61 Å². The van der Waals surface area contributed by atoms with E-state index in [0.717, 1.165) is 19.3 Å². The van der Waals surface area contributed by atoms with Crippen molar-refractivity contribution in [3.05, 3.63) is 36.7 Å². The van der Waals surface area contributed by atoms with Gasteiger partial charge in [-0.05, 0) is 38.5 Å². The summed E-state index contributed by atoms with van der Waals surface area (Å²) in [5.41, 5.74) is 0. The summed E-state index contributed by atoms with van der Waals surface area (Å²) in [4.78, 5) is 10.7. The molecule has 0 aromatic heterocycles. The topological polar surface area (TPSA) is 26.3 Å². The normalized spacial score (nSPS) is 11.3. The highest BCUT2D eigenvalue weighted by Gasteiger charge is 2.04. The molecule has 0 aliphatic carbocycles. The summed E-state index contributed by atoms with van der Waals surface area (Å²) in [5, 5.41) is 0. The largest absolute Gasteiger partial charge is 0.460 e. The second-order valence-corrected chi connectivity index (χ2v) is 4.70. The van der Waals surface area contributed by atoms with Gasteiger partial charge in [0.1, 0.15) is 0 Å². The van der Waals surface area contributed by atoms with Crippen LogP contribution in [0.4, 0.5) is 4.39 Å². The minimum Gasteiger partial charge on any atom is -0.460 e. The monoisotopic (exact) mass is 282 g/mol. The molecule has 0 aromatic carbocycles. The maximum atomic E-state index is 12.2. The average Bonchev–Trinajstić information content (AvgIpc) is 2.43. The molecule has 0 radical (unpaired) electrons. The number of ether oxygens (including phenoxy) is 1. The van der Waals surface area contributed by atoms with Gasteiger partial charge in [-0.15, -0.1) is 0 Å². The van der Waals surface area contributed by atoms with E-state index >= 15 is 0 Å². The molecule has 20 heavy (non-hydrogen) atoms. The molecule has 0 spiro atoms. The van der Waals surface area contributed by atoms with Crippen molar-refractivity contribution < 1.29 is 13.9 Å². The molecule has 3 heteroatoms. The Kier molecular flexibility index (Phi) is 13.1. The van der Waals surface area contributed by atoms with Crippen molar-refractivity contribution in [3.63, 3.8) is 0 Å². The van der Waals surface area contributed by atoms with Crippen LogP contribution < -0.4 is 0 Å². The van der Waals surface area contributed by atoms with Gasteiger partial charge in [0.25, 0.3) is 0 Å². The molecule has 0 unspecified atom stereocenters. The van der Waals surface area contributed by atoms with E-state index < -0.39 is 11.8 Å². The SMILES string of the molecule is C=C(F)C(=O)OCC/C=C/CCC/C=C\CCCCC. The lowest BCUT2D eigenvalue weighted by Gasteiger charge is -1.99. The van der Waals surface area contributed by atoms with Crippen molar-refractivity contribution in [1.29, 1.82) is 0 Å². The van der Waals surface area contributed by atoms with Crippen LogP contribution in [0, 0.1) is 0 Å². The van der Waals surface area contributed by atoms with Gasteiger partial charge in [-0.3, -0.25) is 0 Å². The number of carbonyl (C=O) groups excluding carboxylic acids is 1. The molecular formula is C17H27FO2. The first kappa shape index (κ1) is 18.6. The van der Waals surface area contributed by atoms with Gasteiger partial charge in [-0.1, -0.05) is 50.6 Å². The highest BCUT2D eigenvalue weighted by Crippen LogP contribution is 2.03. The summed E-state index contributed by atoms with van der Waals surface area (Å²) in [6.07, 6.45) is 17.5.